The molecule has 24 heavy (non-hydrogen) atoms. The highest BCUT2D eigenvalue weighted by Gasteiger charge is 2.19. The third-order valence-electron chi connectivity index (χ3n) is 3.44. The smallest absolute Gasteiger partial charge is 0.338 e. The molecule has 0 aromatic heterocycles. The maximum atomic E-state index is 13.2. The third kappa shape index (κ3) is 8.62. The molecule has 0 saturated carbocycles. The molecule has 6 heteroatoms. The molecule has 5 nitrogen and oxygen atoms in total. The Morgan fingerprint density at radius 1 is 0.917 bits per heavy atom. The van der Waals surface area contributed by atoms with Crippen LogP contribution in [0.4, 0.5) is 4.39 Å². The molecule has 1 rings (SSSR count). The molecule has 1 aromatic rings. The van der Waals surface area contributed by atoms with Crippen molar-refractivity contribution in [1.82, 2.24) is 0 Å². The fraction of sp³-hybridized carbons (Fsp3) is 0.556. The number of carboxylic acids is 2. The fourth-order valence-electron chi connectivity index (χ4n) is 2.15. The number of carbonyl (C=O) groups is 2. The van der Waals surface area contributed by atoms with Crippen LogP contribution in [0, 0.1) is 12.7 Å². The highest BCUT2D eigenvalue weighted by molar-refractivity contribution is 5.94. The van der Waals surface area contributed by atoms with Crippen LogP contribution in [0.25, 0.3) is 0 Å². The number of unbranched alkanes of at least 4 members (excludes halogenated alkanes) is 6. The molecule has 1 aromatic carbocycles. The van der Waals surface area contributed by atoms with Gasteiger partial charge in [0.2, 0.25) is 0 Å². The second kappa shape index (κ2) is 12.5. The van der Waals surface area contributed by atoms with Crippen molar-refractivity contribution in [3.8, 4) is 0 Å². The van der Waals surface area contributed by atoms with Crippen LogP contribution in [-0.4, -0.2) is 33.9 Å². The lowest BCUT2D eigenvalue weighted by Crippen LogP contribution is -2.08. The third-order valence-corrected chi connectivity index (χ3v) is 3.44. The number of rotatable bonds is 9. The van der Waals surface area contributed by atoms with Gasteiger partial charge in [-0.3, -0.25) is 0 Å². The van der Waals surface area contributed by atoms with E-state index in [-0.39, 0.29) is 0 Å². The first kappa shape index (κ1) is 22.1. The van der Waals surface area contributed by atoms with Crippen LogP contribution < -0.4 is 0 Å². The summed E-state index contributed by atoms with van der Waals surface area (Å²) in [6.07, 6.45) is 8.93. The Hall–Kier alpha value is -1.95. The van der Waals surface area contributed by atoms with Crippen molar-refractivity contribution in [2.24, 2.45) is 0 Å². The number of aromatic carboxylic acids is 2. The Morgan fingerprint density at radius 2 is 1.33 bits per heavy atom. The number of aliphatic hydroxyl groups is 1. The van der Waals surface area contributed by atoms with Crippen LogP contribution in [-0.2, 0) is 0 Å². The summed E-state index contributed by atoms with van der Waals surface area (Å²) in [6, 6.07) is 2.17. The zero-order valence-corrected chi connectivity index (χ0v) is 14.3. The molecule has 0 spiro atoms. The Morgan fingerprint density at radius 3 is 1.71 bits per heavy atom. The summed E-state index contributed by atoms with van der Waals surface area (Å²) < 4.78 is 13.2. The SMILES string of the molecule is CCCCCCCCCO.Cc1cc(C(=O)O)c(F)c(C(=O)O)c1. The number of aliphatic hydroxyl groups excluding tert-OH is 1. The van der Waals surface area contributed by atoms with Gasteiger partial charge in [0.1, 0.15) is 0 Å². The minimum absolute atomic E-state index is 0.369. The molecule has 0 aliphatic carbocycles. The van der Waals surface area contributed by atoms with Gasteiger partial charge in [0, 0.05) is 6.61 Å². The predicted molar refractivity (Wildman–Crippen MR) is 90.1 cm³/mol. The second-order valence-electron chi connectivity index (χ2n) is 5.63. The number of hydrogen-bond donors (Lipinski definition) is 3. The summed E-state index contributed by atoms with van der Waals surface area (Å²) in [5.41, 5.74) is -0.856. The van der Waals surface area contributed by atoms with E-state index in [1.165, 1.54) is 45.4 Å². The molecule has 0 aliphatic heterocycles. The van der Waals surface area contributed by atoms with Crippen LogP contribution >= 0.6 is 0 Å². The maximum absolute atomic E-state index is 13.2. The first-order valence-corrected chi connectivity index (χ1v) is 8.22. The van der Waals surface area contributed by atoms with Gasteiger partial charge in [0.25, 0.3) is 0 Å². The van der Waals surface area contributed by atoms with Gasteiger partial charge in [0.15, 0.2) is 5.82 Å². The molecule has 136 valence electrons. The standard InChI is InChI=1S/C9H7FO4.C9H20O/c1-4-2-5(8(11)12)7(10)6(3-4)9(13)14;1-2-3-4-5-6-7-8-9-10/h2-3H,1H3,(H,11,12)(H,13,14);10H,2-9H2,1H3. The van der Waals surface area contributed by atoms with Crippen molar-refractivity contribution in [3.63, 3.8) is 0 Å². The van der Waals surface area contributed by atoms with Crippen LogP contribution in [0.15, 0.2) is 12.1 Å². The average Bonchev–Trinajstić information content (AvgIpc) is 2.53. The Balaban J connectivity index is 0.000000470. The summed E-state index contributed by atoms with van der Waals surface area (Å²) in [5, 5.41) is 25.6. The van der Waals surface area contributed by atoms with E-state index in [1.807, 2.05) is 0 Å². The number of aryl methyl sites for hydroxylation is 1. The zero-order chi connectivity index (χ0) is 18.5. The van der Waals surface area contributed by atoms with Gasteiger partial charge in [0.05, 0.1) is 11.1 Å². The maximum Gasteiger partial charge on any atom is 0.338 e. The number of carboxylic acid groups (broad SMARTS) is 2. The van der Waals surface area contributed by atoms with Crippen LogP contribution in [0.5, 0.6) is 0 Å². The van der Waals surface area contributed by atoms with E-state index in [4.69, 9.17) is 15.3 Å². The van der Waals surface area contributed by atoms with Gasteiger partial charge < -0.3 is 15.3 Å². The number of benzene rings is 1. The molecule has 0 unspecified atom stereocenters. The van der Waals surface area contributed by atoms with Crippen molar-refractivity contribution in [2.45, 2.75) is 58.8 Å². The van der Waals surface area contributed by atoms with Crippen LogP contribution in [0.3, 0.4) is 0 Å². The van der Waals surface area contributed by atoms with Gasteiger partial charge in [-0.1, -0.05) is 45.4 Å². The van der Waals surface area contributed by atoms with Gasteiger partial charge >= 0.3 is 11.9 Å². The summed E-state index contributed by atoms with van der Waals surface area (Å²) in [6.45, 7) is 4.10. The molecule has 0 fully saturated rings. The van der Waals surface area contributed by atoms with E-state index < -0.39 is 28.9 Å². The Kier molecular flexibility index (Phi) is 11.5. The molecular weight excluding hydrogens is 315 g/mol. The van der Waals surface area contributed by atoms with E-state index in [1.54, 1.807) is 0 Å². The Bertz CT molecular complexity index is 485. The lowest BCUT2D eigenvalue weighted by Gasteiger charge is -2.03. The van der Waals surface area contributed by atoms with Gasteiger partial charge in [-0.05, 0) is 31.0 Å². The zero-order valence-electron chi connectivity index (χ0n) is 14.3. The predicted octanol–water partition coefficient (Wildman–Crippen LogP) is 4.26. The van der Waals surface area contributed by atoms with Crippen molar-refractivity contribution < 1.29 is 29.3 Å². The average molecular weight is 342 g/mol. The molecule has 0 bridgehead atoms. The molecular formula is C18H27FO5. The lowest BCUT2D eigenvalue weighted by atomic mass is 10.1. The molecule has 0 amide bonds. The second-order valence-corrected chi connectivity index (χ2v) is 5.63. The van der Waals surface area contributed by atoms with Crippen molar-refractivity contribution in [2.75, 3.05) is 6.61 Å². The molecule has 0 atom stereocenters. The molecule has 0 aliphatic rings. The highest BCUT2D eigenvalue weighted by Crippen LogP contribution is 2.16. The molecule has 0 saturated heterocycles. The number of hydrogen-bond acceptors (Lipinski definition) is 3. The summed E-state index contributed by atoms with van der Waals surface area (Å²) in [4.78, 5) is 21.0. The molecule has 0 heterocycles. The van der Waals surface area contributed by atoms with E-state index >= 15 is 0 Å². The van der Waals surface area contributed by atoms with Gasteiger partial charge in [-0.15, -0.1) is 0 Å². The quantitative estimate of drug-likeness (QED) is 0.583. The Labute approximate surface area is 142 Å². The van der Waals surface area contributed by atoms with Crippen LogP contribution in [0.1, 0.15) is 78.1 Å². The van der Waals surface area contributed by atoms with E-state index in [0.29, 0.717) is 12.2 Å². The van der Waals surface area contributed by atoms with Crippen molar-refractivity contribution >= 4 is 11.9 Å². The summed E-state index contributed by atoms with van der Waals surface area (Å²) >= 11 is 0. The topological polar surface area (TPSA) is 94.8 Å². The summed E-state index contributed by atoms with van der Waals surface area (Å²) in [5.74, 6) is -4.17. The summed E-state index contributed by atoms with van der Waals surface area (Å²) in [7, 11) is 0. The first-order valence-electron chi connectivity index (χ1n) is 8.22. The van der Waals surface area contributed by atoms with Crippen LogP contribution in [0.2, 0.25) is 0 Å². The van der Waals surface area contributed by atoms with E-state index in [9.17, 15) is 14.0 Å². The highest BCUT2D eigenvalue weighted by atomic mass is 19.1. The lowest BCUT2D eigenvalue weighted by molar-refractivity contribution is 0.0687. The largest absolute Gasteiger partial charge is 0.478 e. The minimum atomic E-state index is -1.48. The molecule has 0 radical (unpaired) electrons. The fourth-order valence-corrected chi connectivity index (χ4v) is 2.15. The number of halogens is 1. The van der Waals surface area contributed by atoms with E-state index in [0.717, 1.165) is 18.6 Å². The first-order chi connectivity index (χ1) is 11.3. The van der Waals surface area contributed by atoms with Gasteiger partial charge in [-0.25, -0.2) is 14.0 Å². The normalized spacial score (nSPS) is 10.0. The van der Waals surface area contributed by atoms with E-state index in [2.05, 4.69) is 6.92 Å². The molecule has 3 N–H and O–H groups in total. The monoisotopic (exact) mass is 342 g/mol. The minimum Gasteiger partial charge on any atom is -0.478 e. The van der Waals surface area contributed by atoms with Crippen molar-refractivity contribution in [3.05, 3.63) is 34.6 Å². The van der Waals surface area contributed by atoms with Gasteiger partial charge in [-0.2, -0.15) is 0 Å². The van der Waals surface area contributed by atoms with Crippen molar-refractivity contribution in [1.29, 1.82) is 0 Å².